The molecule has 0 aromatic heterocycles. The fourth-order valence-corrected chi connectivity index (χ4v) is 2.92. The monoisotopic (exact) mass is 328 g/mol. The van der Waals surface area contributed by atoms with E-state index in [9.17, 15) is 4.79 Å². The van der Waals surface area contributed by atoms with Gasteiger partial charge in [0.25, 0.3) is 0 Å². The lowest BCUT2D eigenvalue weighted by atomic mass is 10.1. The second-order valence-electron chi connectivity index (χ2n) is 6.72. The lowest BCUT2D eigenvalue weighted by Crippen LogP contribution is -2.13. The summed E-state index contributed by atoms with van der Waals surface area (Å²) in [5, 5.41) is 0. The zero-order valence-electron chi connectivity index (χ0n) is 15.4. The number of ether oxygens (including phenoxy) is 3. The van der Waals surface area contributed by atoms with Crippen LogP contribution in [0.1, 0.15) is 84.5 Å². The van der Waals surface area contributed by atoms with E-state index in [4.69, 9.17) is 9.47 Å². The van der Waals surface area contributed by atoms with Crippen molar-refractivity contribution in [3.8, 4) is 0 Å². The number of rotatable bonds is 15. The van der Waals surface area contributed by atoms with Crippen LogP contribution in [0.15, 0.2) is 0 Å². The number of unbranched alkanes of at least 4 members (excludes halogenated alkanes) is 6. The number of epoxide rings is 1. The lowest BCUT2D eigenvalue weighted by molar-refractivity contribution is -0.140. The molecule has 3 atom stereocenters. The Morgan fingerprint density at radius 1 is 1.04 bits per heavy atom. The van der Waals surface area contributed by atoms with Crippen LogP contribution in [0.3, 0.4) is 0 Å². The summed E-state index contributed by atoms with van der Waals surface area (Å²) in [6.45, 7) is 5.26. The van der Waals surface area contributed by atoms with Crippen LogP contribution in [-0.4, -0.2) is 38.0 Å². The molecule has 1 saturated heterocycles. The zero-order valence-corrected chi connectivity index (χ0v) is 15.4. The van der Waals surface area contributed by atoms with Gasteiger partial charge in [0.05, 0.1) is 25.4 Å². The molecule has 0 N–H and O–H groups in total. The summed E-state index contributed by atoms with van der Waals surface area (Å²) in [7, 11) is 1.45. The smallest absolute Gasteiger partial charge is 0.305 e. The van der Waals surface area contributed by atoms with Crippen molar-refractivity contribution in [1.82, 2.24) is 0 Å². The molecule has 0 radical (unpaired) electrons. The Balaban J connectivity index is 1.86. The Labute approximate surface area is 142 Å². The van der Waals surface area contributed by atoms with Crippen LogP contribution in [0.25, 0.3) is 0 Å². The predicted molar refractivity (Wildman–Crippen MR) is 92.6 cm³/mol. The third kappa shape index (κ3) is 10.7. The number of hydrogen-bond donors (Lipinski definition) is 0. The van der Waals surface area contributed by atoms with Gasteiger partial charge in [-0.2, -0.15) is 0 Å². The summed E-state index contributed by atoms with van der Waals surface area (Å²) in [5.41, 5.74) is 0. The van der Waals surface area contributed by atoms with E-state index < -0.39 is 0 Å². The standard InChI is InChI=1S/C19H36O4/c1-4-5-11-14-22-16(2)15-18-17(23-18)12-9-7-6-8-10-13-19(20)21-3/h16-18H,4-15H2,1-3H3. The minimum absolute atomic E-state index is 0.0924. The second-order valence-corrected chi connectivity index (χ2v) is 6.72. The molecule has 0 spiro atoms. The van der Waals surface area contributed by atoms with E-state index in [2.05, 4.69) is 18.6 Å². The van der Waals surface area contributed by atoms with Gasteiger partial charge < -0.3 is 14.2 Å². The van der Waals surface area contributed by atoms with Gasteiger partial charge in [0.15, 0.2) is 0 Å². The van der Waals surface area contributed by atoms with Crippen molar-refractivity contribution < 1.29 is 19.0 Å². The van der Waals surface area contributed by atoms with Gasteiger partial charge in [0.2, 0.25) is 0 Å². The van der Waals surface area contributed by atoms with Gasteiger partial charge in [0.1, 0.15) is 0 Å². The molecule has 1 rings (SSSR count). The van der Waals surface area contributed by atoms with E-state index >= 15 is 0 Å². The Morgan fingerprint density at radius 2 is 1.78 bits per heavy atom. The predicted octanol–water partition coefficient (Wildman–Crippen LogP) is 4.64. The highest BCUT2D eigenvalue weighted by atomic mass is 16.6. The van der Waals surface area contributed by atoms with Crippen LogP contribution in [0, 0.1) is 0 Å². The first-order chi connectivity index (χ1) is 11.2. The van der Waals surface area contributed by atoms with E-state index in [-0.39, 0.29) is 5.97 Å². The first kappa shape index (κ1) is 20.4. The molecular formula is C19H36O4. The molecule has 1 aliphatic rings. The molecule has 0 amide bonds. The normalized spacial score (nSPS) is 21.2. The molecule has 1 aliphatic heterocycles. The van der Waals surface area contributed by atoms with Gasteiger partial charge in [-0.1, -0.05) is 45.4 Å². The fourth-order valence-electron chi connectivity index (χ4n) is 2.92. The average Bonchev–Trinajstić information content (AvgIpc) is 3.28. The summed E-state index contributed by atoms with van der Waals surface area (Å²) < 4.78 is 16.2. The van der Waals surface area contributed by atoms with Gasteiger partial charge in [-0.15, -0.1) is 0 Å². The number of carbonyl (C=O) groups is 1. The maximum absolute atomic E-state index is 11.0. The molecule has 0 aliphatic carbocycles. The SMILES string of the molecule is CCCCCOC(C)CC1OC1CCCCCCCC(=O)OC. The summed E-state index contributed by atoms with van der Waals surface area (Å²) in [5.74, 6) is -0.0924. The molecule has 0 aromatic rings. The molecule has 4 heteroatoms. The third-order valence-corrected chi connectivity index (χ3v) is 4.50. The maximum atomic E-state index is 11.0. The largest absolute Gasteiger partial charge is 0.469 e. The summed E-state index contributed by atoms with van der Waals surface area (Å²) in [4.78, 5) is 11.0. The highest BCUT2D eigenvalue weighted by molar-refractivity contribution is 5.68. The molecule has 1 heterocycles. The van der Waals surface area contributed by atoms with E-state index in [1.165, 1.54) is 52.1 Å². The fraction of sp³-hybridized carbons (Fsp3) is 0.947. The molecule has 0 saturated carbocycles. The Morgan fingerprint density at radius 3 is 2.52 bits per heavy atom. The van der Waals surface area contributed by atoms with Gasteiger partial charge in [-0.3, -0.25) is 4.79 Å². The summed E-state index contributed by atoms with van der Waals surface area (Å²) in [6, 6.07) is 0. The van der Waals surface area contributed by atoms with Crippen LogP contribution in [0.4, 0.5) is 0 Å². The zero-order chi connectivity index (χ0) is 16.9. The second kappa shape index (κ2) is 12.8. The number of esters is 1. The van der Waals surface area contributed by atoms with Crippen LogP contribution < -0.4 is 0 Å². The number of carbonyl (C=O) groups excluding carboxylic acids is 1. The first-order valence-corrected chi connectivity index (χ1v) is 9.51. The van der Waals surface area contributed by atoms with Crippen molar-refractivity contribution in [3.05, 3.63) is 0 Å². The Hall–Kier alpha value is -0.610. The minimum Gasteiger partial charge on any atom is -0.469 e. The van der Waals surface area contributed by atoms with Crippen molar-refractivity contribution in [2.75, 3.05) is 13.7 Å². The van der Waals surface area contributed by atoms with Crippen LogP contribution in [-0.2, 0) is 19.0 Å². The molecule has 0 bridgehead atoms. The van der Waals surface area contributed by atoms with E-state index in [1.54, 1.807) is 0 Å². The molecule has 136 valence electrons. The van der Waals surface area contributed by atoms with Crippen molar-refractivity contribution in [1.29, 1.82) is 0 Å². The van der Waals surface area contributed by atoms with Gasteiger partial charge in [0, 0.05) is 19.4 Å². The van der Waals surface area contributed by atoms with Crippen molar-refractivity contribution in [2.45, 2.75) is 103 Å². The molecule has 4 nitrogen and oxygen atoms in total. The van der Waals surface area contributed by atoms with Crippen molar-refractivity contribution in [2.24, 2.45) is 0 Å². The van der Waals surface area contributed by atoms with E-state index in [0.717, 1.165) is 25.9 Å². The molecule has 1 fully saturated rings. The number of hydrogen-bond acceptors (Lipinski definition) is 4. The van der Waals surface area contributed by atoms with Crippen LogP contribution in [0.5, 0.6) is 0 Å². The molecular weight excluding hydrogens is 292 g/mol. The van der Waals surface area contributed by atoms with Gasteiger partial charge in [-0.25, -0.2) is 0 Å². The molecule has 23 heavy (non-hydrogen) atoms. The summed E-state index contributed by atoms with van der Waals surface area (Å²) in [6.07, 6.45) is 13.4. The van der Waals surface area contributed by atoms with Crippen molar-refractivity contribution >= 4 is 5.97 Å². The highest BCUT2D eigenvalue weighted by Gasteiger charge is 2.38. The van der Waals surface area contributed by atoms with E-state index in [1.807, 2.05) is 0 Å². The molecule has 0 aromatic carbocycles. The third-order valence-electron chi connectivity index (χ3n) is 4.50. The van der Waals surface area contributed by atoms with E-state index in [0.29, 0.717) is 24.7 Å². The minimum atomic E-state index is -0.0924. The maximum Gasteiger partial charge on any atom is 0.305 e. The van der Waals surface area contributed by atoms with Gasteiger partial charge in [-0.05, 0) is 26.2 Å². The average molecular weight is 328 g/mol. The Bertz CT molecular complexity index is 306. The molecule has 3 unspecified atom stereocenters. The lowest BCUT2D eigenvalue weighted by Gasteiger charge is -2.11. The number of methoxy groups -OCH3 is 1. The highest BCUT2D eigenvalue weighted by Crippen LogP contribution is 2.31. The summed E-state index contributed by atoms with van der Waals surface area (Å²) >= 11 is 0. The van der Waals surface area contributed by atoms with Gasteiger partial charge >= 0.3 is 5.97 Å². The topological polar surface area (TPSA) is 48.1 Å². The Kier molecular flexibility index (Phi) is 11.3. The first-order valence-electron chi connectivity index (χ1n) is 9.51. The van der Waals surface area contributed by atoms with Crippen LogP contribution in [0.2, 0.25) is 0 Å². The quantitative estimate of drug-likeness (QED) is 0.249. The van der Waals surface area contributed by atoms with Crippen LogP contribution >= 0.6 is 0 Å². The van der Waals surface area contributed by atoms with Crippen molar-refractivity contribution in [3.63, 3.8) is 0 Å².